The van der Waals surface area contributed by atoms with Gasteiger partial charge in [-0.25, -0.2) is 9.59 Å². The molecule has 1 N–H and O–H groups in total. The number of aryl methyl sites for hydroxylation is 1. The number of nitrogens with zero attached hydrogens (tertiary/aromatic N) is 2. The van der Waals surface area contributed by atoms with Gasteiger partial charge in [-0.1, -0.05) is 54.6 Å². The number of likely N-dealkylation sites (N-methyl/N-ethyl adjacent to an activating group) is 1. The molecule has 0 fully saturated rings. The Morgan fingerprint density at radius 2 is 1.65 bits per heavy atom. The molecule has 6 nitrogen and oxygen atoms in total. The van der Waals surface area contributed by atoms with Crippen LogP contribution in [0.4, 0.5) is 4.79 Å². The van der Waals surface area contributed by atoms with E-state index < -0.39 is 18.1 Å². The Morgan fingerprint density at radius 1 is 1.03 bits per heavy atom. The lowest BCUT2D eigenvalue weighted by atomic mass is 9.98. The average Bonchev–Trinajstić information content (AvgIpc) is 3.10. The molecule has 1 atom stereocenters. The second kappa shape index (κ2) is 8.60. The molecule has 158 valence electrons. The Kier molecular flexibility index (Phi) is 5.71. The van der Waals surface area contributed by atoms with Crippen LogP contribution in [-0.2, 0) is 16.0 Å². The van der Waals surface area contributed by atoms with Gasteiger partial charge in [-0.05, 0) is 40.8 Å². The van der Waals surface area contributed by atoms with E-state index in [0.29, 0.717) is 0 Å². The Morgan fingerprint density at radius 3 is 2.19 bits per heavy atom. The van der Waals surface area contributed by atoms with E-state index in [1.165, 1.54) is 7.05 Å². The molecule has 1 aliphatic carbocycles. The number of aromatic nitrogens is 1. The molecule has 31 heavy (non-hydrogen) atoms. The molecule has 1 aromatic heterocycles. The van der Waals surface area contributed by atoms with Crippen molar-refractivity contribution in [2.45, 2.75) is 25.3 Å². The Labute approximate surface area is 181 Å². The van der Waals surface area contributed by atoms with Crippen LogP contribution in [0, 0.1) is 6.92 Å². The van der Waals surface area contributed by atoms with E-state index in [9.17, 15) is 14.7 Å². The molecule has 0 saturated carbocycles. The SMILES string of the molecule is Cc1ccc(C[C@@H](C(=O)O)N(C)C(=O)OCC2c3ccccc3-c3ccccc32)cn1. The summed E-state index contributed by atoms with van der Waals surface area (Å²) < 4.78 is 5.60. The standard InChI is InChI=1S/C25H24N2O4/c1-16-11-12-17(14-26-16)13-23(24(28)29)27(2)25(30)31-15-22-20-9-5-3-7-18(20)19-8-4-6-10-21(19)22/h3-12,14,22-23H,13,15H2,1-2H3,(H,28,29)/t23-/m0/s1. The topological polar surface area (TPSA) is 79.7 Å². The number of amides is 1. The molecule has 0 spiro atoms. The maximum Gasteiger partial charge on any atom is 0.410 e. The van der Waals surface area contributed by atoms with Crippen LogP contribution in [0.3, 0.4) is 0 Å². The molecule has 1 amide bonds. The van der Waals surface area contributed by atoms with Crippen LogP contribution >= 0.6 is 0 Å². The van der Waals surface area contributed by atoms with Crippen LogP contribution in [0.2, 0.25) is 0 Å². The fraction of sp³-hybridized carbons (Fsp3) is 0.240. The van der Waals surface area contributed by atoms with Crippen molar-refractivity contribution in [2.75, 3.05) is 13.7 Å². The monoisotopic (exact) mass is 416 g/mol. The first kappa shape index (κ1) is 20.6. The normalized spacial score (nSPS) is 13.2. The minimum Gasteiger partial charge on any atom is -0.480 e. The van der Waals surface area contributed by atoms with Gasteiger partial charge in [0.05, 0.1) is 0 Å². The molecule has 1 aliphatic rings. The number of carboxylic acid groups (broad SMARTS) is 1. The quantitative estimate of drug-likeness (QED) is 0.649. The van der Waals surface area contributed by atoms with Crippen LogP contribution < -0.4 is 0 Å². The molecule has 1 heterocycles. The van der Waals surface area contributed by atoms with Crippen LogP contribution in [0.15, 0.2) is 66.9 Å². The number of aliphatic carboxylic acids is 1. The highest BCUT2D eigenvalue weighted by atomic mass is 16.6. The fourth-order valence-electron chi connectivity index (χ4n) is 4.06. The first-order valence-electron chi connectivity index (χ1n) is 10.2. The molecular weight excluding hydrogens is 392 g/mol. The van der Waals surface area contributed by atoms with E-state index in [-0.39, 0.29) is 18.9 Å². The number of benzene rings is 2. The van der Waals surface area contributed by atoms with Crippen molar-refractivity contribution in [3.05, 3.63) is 89.2 Å². The van der Waals surface area contributed by atoms with Gasteiger partial charge in [0.1, 0.15) is 12.6 Å². The minimum atomic E-state index is -1.09. The zero-order valence-electron chi connectivity index (χ0n) is 17.5. The Balaban J connectivity index is 1.47. The van der Waals surface area contributed by atoms with E-state index >= 15 is 0 Å². The van der Waals surface area contributed by atoms with Gasteiger partial charge in [-0.2, -0.15) is 0 Å². The van der Waals surface area contributed by atoms with Gasteiger partial charge in [0.25, 0.3) is 0 Å². The van der Waals surface area contributed by atoms with Crippen LogP contribution in [0.1, 0.15) is 28.3 Å². The summed E-state index contributed by atoms with van der Waals surface area (Å²) in [7, 11) is 1.46. The fourth-order valence-corrected chi connectivity index (χ4v) is 4.06. The molecule has 0 aliphatic heterocycles. The van der Waals surface area contributed by atoms with Gasteiger partial charge in [-0.3, -0.25) is 9.88 Å². The van der Waals surface area contributed by atoms with Crippen molar-refractivity contribution < 1.29 is 19.4 Å². The van der Waals surface area contributed by atoms with Crippen molar-refractivity contribution in [1.29, 1.82) is 0 Å². The summed E-state index contributed by atoms with van der Waals surface area (Å²) in [6.45, 7) is 2.01. The van der Waals surface area contributed by atoms with Gasteiger partial charge < -0.3 is 9.84 Å². The minimum absolute atomic E-state index is 0.0747. The van der Waals surface area contributed by atoms with Crippen LogP contribution in [0.25, 0.3) is 11.1 Å². The van der Waals surface area contributed by atoms with Gasteiger partial charge in [-0.15, -0.1) is 0 Å². The first-order valence-corrected chi connectivity index (χ1v) is 10.2. The summed E-state index contributed by atoms with van der Waals surface area (Å²) in [5, 5.41) is 9.68. The molecule has 0 saturated heterocycles. The van der Waals surface area contributed by atoms with Gasteiger partial charge in [0.15, 0.2) is 0 Å². The third kappa shape index (κ3) is 4.14. The molecule has 6 heteroatoms. The van der Waals surface area contributed by atoms with Gasteiger partial charge in [0.2, 0.25) is 0 Å². The number of ether oxygens (including phenoxy) is 1. The van der Waals surface area contributed by atoms with E-state index in [0.717, 1.165) is 38.4 Å². The van der Waals surface area contributed by atoms with Gasteiger partial charge >= 0.3 is 12.1 Å². The van der Waals surface area contributed by atoms with E-state index in [1.807, 2.05) is 55.5 Å². The van der Waals surface area contributed by atoms with Gasteiger partial charge in [0, 0.05) is 31.3 Å². The number of carbonyl (C=O) groups is 2. The summed E-state index contributed by atoms with van der Waals surface area (Å²) in [5.74, 6) is -1.16. The molecule has 3 aromatic rings. The maximum absolute atomic E-state index is 12.7. The van der Waals surface area contributed by atoms with Crippen molar-refractivity contribution in [1.82, 2.24) is 9.88 Å². The van der Waals surface area contributed by atoms with Crippen LogP contribution in [0.5, 0.6) is 0 Å². The largest absolute Gasteiger partial charge is 0.480 e. The first-order chi connectivity index (χ1) is 15.0. The second-order valence-corrected chi connectivity index (χ2v) is 7.78. The van der Waals surface area contributed by atoms with E-state index in [2.05, 4.69) is 17.1 Å². The molecule has 0 bridgehead atoms. The zero-order valence-corrected chi connectivity index (χ0v) is 17.5. The number of rotatable bonds is 6. The lowest BCUT2D eigenvalue weighted by molar-refractivity contribution is -0.142. The van der Waals surface area contributed by atoms with Crippen LogP contribution in [-0.4, -0.2) is 46.7 Å². The number of hydrogen-bond acceptors (Lipinski definition) is 4. The number of pyridine rings is 1. The second-order valence-electron chi connectivity index (χ2n) is 7.78. The zero-order chi connectivity index (χ0) is 22.0. The lowest BCUT2D eigenvalue weighted by Gasteiger charge is -2.25. The molecule has 0 unspecified atom stereocenters. The smallest absolute Gasteiger partial charge is 0.410 e. The van der Waals surface area contributed by atoms with Crippen molar-refractivity contribution in [2.24, 2.45) is 0 Å². The van der Waals surface area contributed by atoms with E-state index in [4.69, 9.17) is 4.74 Å². The molecular formula is C25H24N2O4. The summed E-state index contributed by atoms with van der Waals surface area (Å²) in [6.07, 6.45) is 1.13. The highest BCUT2D eigenvalue weighted by Crippen LogP contribution is 2.44. The van der Waals surface area contributed by atoms with Crippen molar-refractivity contribution in [3.63, 3.8) is 0 Å². The predicted octanol–water partition coefficient (Wildman–Crippen LogP) is 4.27. The molecule has 0 radical (unpaired) electrons. The third-order valence-corrected chi connectivity index (χ3v) is 5.78. The summed E-state index contributed by atoms with van der Waals surface area (Å²) in [4.78, 5) is 29.9. The number of carboxylic acids is 1. The lowest BCUT2D eigenvalue weighted by Crippen LogP contribution is -2.44. The molecule has 2 aromatic carbocycles. The molecule has 4 rings (SSSR count). The van der Waals surface area contributed by atoms with E-state index in [1.54, 1.807) is 6.20 Å². The summed E-state index contributed by atoms with van der Waals surface area (Å²) in [5.41, 5.74) is 6.10. The third-order valence-electron chi connectivity index (χ3n) is 5.78. The van der Waals surface area contributed by atoms with Crippen molar-refractivity contribution in [3.8, 4) is 11.1 Å². The van der Waals surface area contributed by atoms with Crippen molar-refractivity contribution >= 4 is 12.1 Å². The predicted molar refractivity (Wildman–Crippen MR) is 117 cm³/mol. The summed E-state index contributed by atoms with van der Waals surface area (Å²) in [6, 6.07) is 18.8. The number of hydrogen-bond donors (Lipinski definition) is 1. The average molecular weight is 416 g/mol. The Hall–Kier alpha value is -3.67. The highest BCUT2D eigenvalue weighted by Gasteiger charge is 2.32. The summed E-state index contributed by atoms with van der Waals surface area (Å²) >= 11 is 0. The number of carbonyl (C=O) groups excluding carboxylic acids is 1. The highest BCUT2D eigenvalue weighted by molar-refractivity contribution is 5.81. The Bertz CT molecular complexity index is 1070. The number of fused-ring (bicyclic) bond motifs is 3. The maximum atomic E-state index is 12.7.